The van der Waals surface area contributed by atoms with Gasteiger partial charge in [-0.05, 0) is 50.7 Å². The van der Waals surface area contributed by atoms with Gasteiger partial charge in [-0.25, -0.2) is 13.1 Å². The van der Waals surface area contributed by atoms with Crippen LogP contribution in [0.5, 0.6) is 5.75 Å². The van der Waals surface area contributed by atoms with Crippen LogP contribution in [0.3, 0.4) is 0 Å². The Balaban J connectivity index is 2.25. The van der Waals surface area contributed by atoms with Crippen molar-refractivity contribution in [3.05, 3.63) is 23.8 Å². The normalized spacial score (nSPS) is 21.7. The van der Waals surface area contributed by atoms with Crippen molar-refractivity contribution in [2.75, 3.05) is 27.2 Å². The maximum atomic E-state index is 12.4. The second kappa shape index (κ2) is 7.29. The summed E-state index contributed by atoms with van der Waals surface area (Å²) in [5.74, 6) is 0.247. The van der Waals surface area contributed by atoms with Gasteiger partial charge in [-0.3, -0.25) is 4.79 Å². The molecular weight excluding hydrogens is 318 g/mol. The second-order valence-corrected chi connectivity index (χ2v) is 7.48. The lowest BCUT2D eigenvalue weighted by Crippen LogP contribution is -2.48. The molecule has 0 aliphatic carbocycles. The number of methoxy groups -OCH3 is 1. The van der Waals surface area contributed by atoms with Gasteiger partial charge in [0.2, 0.25) is 10.0 Å². The Morgan fingerprint density at radius 3 is 2.74 bits per heavy atom. The van der Waals surface area contributed by atoms with Crippen molar-refractivity contribution in [1.82, 2.24) is 15.4 Å². The molecule has 0 spiro atoms. The molecule has 1 aromatic carbocycles. The highest BCUT2D eigenvalue weighted by molar-refractivity contribution is 7.89. The number of hydrogen-bond acceptors (Lipinski definition) is 5. The Kier molecular flexibility index (Phi) is 5.61. The predicted octanol–water partition coefficient (Wildman–Crippen LogP) is 0.331. The summed E-state index contributed by atoms with van der Waals surface area (Å²) in [7, 11) is -0.999. The molecule has 3 N–H and O–H groups in total. The first kappa shape index (κ1) is 17.7. The van der Waals surface area contributed by atoms with E-state index in [1.54, 1.807) is 6.07 Å². The van der Waals surface area contributed by atoms with Crippen LogP contribution >= 0.6 is 0 Å². The molecule has 1 heterocycles. The lowest BCUT2D eigenvalue weighted by atomic mass is 9.95. The zero-order chi connectivity index (χ0) is 17.0. The molecule has 0 aromatic heterocycles. The van der Waals surface area contributed by atoms with Crippen molar-refractivity contribution in [2.24, 2.45) is 5.92 Å². The fraction of sp³-hybridized carbons (Fsp3) is 0.533. The van der Waals surface area contributed by atoms with Crippen molar-refractivity contribution >= 4 is 15.9 Å². The predicted molar refractivity (Wildman–Crippen MR) is 87.1 cm³/mol. The summed E-state index contributed by atoms with van der Waals surface area (Å²) in [5.41, 5.74) is 0.297. The van der Waals surface area contributed by atoms with E-state index in [2.05, 4.69) is 22.3 Å². The van der Waals surface area contributed by atoms with E-state index in [4.69, 9.17) is 4.74 Å². The number of sulfonamides is 1. The maximum Gasteiger partial charge on any atom is 0.251 e. The molecule has 7 nitrogen and oxygen atoms in total. The number of ether oxygens (including phenoxy) is 1. The average Bonchev–Trinajstić information content (AvgIpc) is 2.56. The fourth-order valence-electron chi connectivity index (χ4n) is 2.62. The number of carbonyl (C=O) groups is 1. The Labute approximate surface area is 136 Å². The first-order chi connectivity index (χ1) is 10.9. The third-order valence-corrected chi connectivity index (χ3v) is 5.52. The standard InChI is InChI=1S/C15H23N3O4S/c1-10-9-17-7-6-12(10)18-15(19)11-4-5-13(22-3)14(8-11)23(20,21)16-2/h4-5,8,10,12,16-17H,6-7,9H2,1-3H3,(H,18,19). The Morgan fingerprint density at radius 2 is 2.13 bits per heavy atom. The summed E-state index contributed by atoms with van der Waals surface area (Å²) in [6.45, 7) is 3.78. The van der Waals surface area contributed by atoms with Crippen molar-refractivity contribution in [3.63, 3.8) is 0 Å². The molecule has 8 heteroatoms. The molecule has 0 radical (unpaired) electrons. The van der Waals surface area contributed by atoms with E-state index in [-0.39, 0.29) is 22.6 Å². The number of carbonyl (C=O) groups excluding carboxylic acids is 1. The van der Waals surface area contributed by atoms with Crippen molar-refractivity contribution < 1.29 is 17.9 Å². The largest absolute Gasteiger partial charge is 0.495 e. The molecule has 1 amide bonds. The first-order valence-corrected chi connectivity index (χ1v) is 9.00. The molecule has 23 heavy (non-hydrogen) atoms. The number of amides is 1. The van der Waals surface area contributed by atoms with Crippen molar-refractivity contribution in [1.29, 1.82) is 0 Å². The van der Waals surface area contributed by atoms with E-state index in [1.807, 2.05) is 0 Å². The Morgan fingerprint density at radius 1 is 1.39 bits per heavy atom. The second-order valence-electron chi connectivity index (χ2n) is 5.62. The van der Waals surface area contributed by atoms with Gasteiger partial charge in [-0.1, -0.05) is 6.92 Å². The summed E-state index contributed by atoms with van der Waals surface area (Å²) in [4.78, 5) is 12.4. The minimum Gasteiger partial charge on any atom is -0.495 e. The zero-order valence-corrected chi connectivity index (χ0v) is 14.4. The Hall–Kier alpha value is -1.64. The van der Waals surface area contributed by atoms with Crippen LogP contribution in [0, 0.1) is 5.92 Å². The van der Waals surface area contributed by atoms with Gasteiger partial charge >= 0.3 is 0 Å². The lowest BCUT2D eigenvalue weighted by molar-refractivity contribution is 0.0914. The lowest BCUT2D eigenvalue weighted by Gasteiger charge is -2.30. The molecule has 0 saturated carbocycles. The SMILES string of the molecule is CNS(=O)(=O)c1cc(C(=O)NC2CCNCC2C)ccc1OC. The molecule has 2 atom stereocenters. The van der Waals surface area contributed by atoms with Crippen LogP contribution in [0.1, 0.15) is 23.7 Å². The minimum atomic E-state index is -3.71. The van der Waals surface area contributed by atoms with Crippen LogP contribution in [-0.4, -0.2) is 47.6 Å². The van der Waals surface area contributed by atoms with E-state index in [1.165, 1.54) is 26.3 Å². The topological polar surface area (TPSA) is 96.5 Å². The smallest absolute Gasteiger partial charge is 0.251 e. The van der Waals surface area contributed by atoms with Gasteiger partial charge in [0.15, 0.2) is 0 Å². The van der Waals surface area contributed by atoms with E-state index in [0.717, 1.165) is 19.5 Å². The highest BCUT2D eigenvalue weighted by atomic mass is 32.2. The van der Waals surface area contributed by atoms with E-state index in [0.29, 0.717) is 11.5 Å². The number of rotatable bonds is 5. The van der Waals surface area contributed by atoms with Crippen LogP contribution < -0.4 is 20.1 Å². The van der Waals surface area contributed by atoms with Gasteiger partial charge in [-0.2, -0.15) is 0 Å². The Bertz CT molecular complexity index is 675. The summed E-state index contributed by atoms with van der Waals surface area (Å²) >= 11 is 0. The van der Waals surface area contributed by atoms with Gasteiger partial charge in [0, 0.05) is 11.6 Å². The highest BCUT2D eigenvalue weighted by Crippen LogP contribution is 2.25. The first-order valence-electron chi connectivity index (χ1n) is 7.52. The van der Waals surface area contributed by atoms with Gasteiger partial charge in [0.1, 0.15) is 10.6 Å². The molecule has 2 unspecified atom stereocenters. The van der Waals surface area contributed by atoms with Gasteiger partial charge in [-0.15, -0.1) is 0 Å². The molecule has 2 rings (SSSR count). The summed E-state index contributed by atoms with van der Waals surface area (Å²) in [6, 6.07) is 4.47. The number of benzene rings is 1. The minimum absolute atomic E-state index is 0.0477. The number of hydrogen-bond donors (Lipinski definition) is 3. The molecule has 0 bridgehead atoms. The number of piperidine rings is 1. The van der Waals surface area contributed by atoms with Crippen molar-refractivity contribution in [2.45, 2.75) is 24.3 Å². The molecular formula is C15H23N3O4S. The molecule has 1 aromatic rings. The molecule has 1 saturated heterocycles. The molecule has 1 aliphatic heterocycles. The average molecular weight is 341 g/mol. The van der Waals surface area contributed by atoms with Gasteiger partial charge in [0.25, 0.3) is 5.91 Å². The summed E-state index contributed by atoms with van der Waals surface area (Å²) in [5, 5.41) is 6.26. The van der Waals surface area contributed by atoms with Crippen molar-refractivity contribution in [3.8, 4) is 5.75 Å². The molecule has 128 valence electrons. The zero-order valence-electron chi connectivity index (χ0n) is 13.5. The van der Waals surface area contributed by atoms with E-state index < -0.39 is 10.0 Å². The fourth-order valence-corrected chi connectivity index (χ4v) is 3.54. The monoisotopic (exact) mass is 341 g/mol. The van der Waals surface area contributed by atoms with Crippen LogP contribution in [-0.2, 0) is 10.0 Å². The summed E-state index contributed by atoms with van der Waals surface area (Å²) < 4.78 is 31.4. The third-order valence-electron chi connectivity index (χ3n) is 4.09. The molecule has 1 aliphatic rings. The van der Waals surface area contributed by atoms with Crippen LogP contribution in [0.25, 0.3) is 0 Å². The van der Waals surface area contributed by atoms with Crippen LogP contribution in [0.4, 0.5) is 0 Å². The highest BCUT2D eigenvalue weighted by Gasteiger charge is 2.25. The molecule has 1 fully saturated rings. The van der Waals surface area contributed by atoms with E-state index >= 15 is 0 Å². The number of nitrogens with one attached hydrogen (secondary N) is 3. The van der Waals surface area contributed by atoms with Gasteiger partial charge < -0.3 is 15.4 Å². The van der Waals surface area contributed by atoms with Crippen LogP contribution in [0.2, 0.25) is 0 Å². The van der Waals surface area contributed by atoms with Crippen LogP contribution in [0.15, 0.2) is 23.1 Å². The summed E-state index contributed by atoms with van der Waals surface area (Å²) in [6.07, 6.45) is 0.852. The third kappa shape index (κ3) is 4.01. The quantitative estimate of drug-likeness (QED) is 0.717. The van der Waals surface area contributed by atoms with Gasteiger partial charge in [0.05, 0.1) is 7.11 Å². The van der Waals surface area contributed by atoms with E-state index in [9.17, 15) is 13.2 Å². The maximum absolute atomic E-state index is 12.4.